The van der Waals surface area contributed by atoms with Crippen LogP contribution in [0, 0.1) is 37.8 Å². The predicted molar refractivity (Wildman–Crippen MR) is 137 cm³/mol. The Kier molecular flexibility index (Phi) is 6.80. The molecule has 0 bridgehead atoms. The Labute approximate surface area is 211 Å². The first kappa shape index (κ1) is 24.9. The van der Waals surface area contributed by atoms with E-state index in [1.165, 1.54) is 12.1 Å². The van der Waals surface area contributed by atoms with Crippen LogP contribution in [0.4, 0.5) is 16.2 Å². The van der Waals surface area contributed by atoms with Crippen LogP contribution in [-0.2, 0) is 9.59 Å². The summed E-state index contributed by atoms with van der Waals surface area (Å²) in [5, 5.41) is 13.5. The van der Waals surface area contributed by atoms with Crippen molar-refractivity contribution < 1.29 is 23.7 Å². The number of nitrogens with zero attached hydrogens (tertiary/aromatic N) is 2. The number of hydrogen-bond acceptors (Lipinski definition) is 7. The smallest absolute Gasteiger partial charge is 0.294 e. The number of carbonyl (C=O) groups excluding carboxylic acids is 3. The van der Waals surface area contributed by atoms with E-state index in [9.17, 15) is 24.5 Å². The second-order valence-corrected chi connectivity index (χ2v) is 9.58. The second-order valence-electron chi connectivity index (χ2n) is 8.59. The number of anilines is 1. The van der Waals surface area contributed by atoms with E-state index in [2.05, 4.69) is 5.32 Å². The van der Waals surface area contributed by atoms with Crippen molar-refractivity contribution in [3.8, 4) is 11.3 Å². The van der Waals surface area contributed by atoms with E-state index in [0.29, 0.717) is 40.1 Å². The molecule has 0 atom stereocenters. The Morgan fingerprint density at radius 3 is 2.44 bits per heavy atom. The molecule has 1 saturated heterocycles. The molecule has 3 aromatic rings. The van der Waals surface area contributed by atoms with Crippen LogP contribution in [0.1, 0.15) is 28.0 Å². The molecule has 36 heavy (non-hydrogen) atoms. The van der Waals surface area contributed by atoms with Gasteiger partial charge in [-0.1, -0.05) is 6.07 Å². The van der Waals surface area contributed by atoms with Crippen LogP contribution in [0.25, 0.3) is 17.4 Å². The molecule has 2 heterocycles. The Bertz CT molecular complexity index is 1440. The fraction of sp³-hybridized carbons (Fsp3) is 0.192. The lowest BCUT2D eigenvalue weighted by Crippen LogP contribution is -2.36. The summed E-state index contributed by atoms with van der Waals surface area (Å²) < 4.78 is 5.79. The number of aryl methyl sites for hydroxylation is 3. The summed E-state index contributed by atoms with van der Waals surface area (Å²) in [4.78, 5) is 49.6. The van der Waals surface area contributed by atoms with Gasteiger partial charge in [-0.3, -0.25) is 29.4 Å². The minimum Gasteiger partial charge on any atom is -0.457 e. The van der Waals surface area contributed by atoms with Gasteiger partial charge in [0.05, 0.1) is 9.83 Å². The molecular weight excluding hydrogens is 482 g/mol. The van der Waals surface area contributed by atoms with Gasteiger partial charge in [0.15, 0.2) is 0 Å². The van der Waals surface area contributed by atoms with Gasteiger partial charge in [-0.25, -0.2) is 0 Å². The van der Waals surface area contributed by atoms with E-state index in [1.807, 2.05) is 19.9 Å². The van der Waals surface area contributed by atoms with Crippen LogP contribution < -0.4 is 5.32 Å². The van der Waals surface area contributed by atoms with Crippen molar-refractivity contribution in [3.63, 3.8) is 0 Å². The van der Waals surface area contributed by atoms with Gasteiger partial charge in [0.2, 0.25) is 5.91 Å². The Morgan fingerprint density at radius 2 is 1.78 bits per heavy atom. The third-order valence-electron chi connectivity index (χ3n) is 5.70. The molecule has 0 saturated carbocycles. The van der Waals surface area contributed by atoms with Gasteiger partial charge in [0.25, 0.3) is 16.8 Å². The van der Waals surface area contributed by atoms with Gasteiger partial charge >= 0.3 is 0 Å². The van der Waals surface area contributed by atoms with Crippen molar-refractivity contribution in [1.29, 1.82) is 0 Å². The van der Waals surface area contributed by atoms with Crippen molar-refractivity contribution in [2.75, 3.05) is 11.9 Å². The summed E-state index contributed by atoms with van der Waals surface area (Å²) >= 11 is 0.715. The number of rotatable bonds is 6. The third-order valence-corrected chi connectivity index (χ3v) is 6.61. The minimum absolute atomic E-state index is 0.0110. The third kappa shape index (κ3) is 5.23. The number of nitrogens with one attached hydrogen (secondary N) is 1. The molecule has 0 spiro atoms. The fourth-order valence-electron chi connectivity index (χ4n) is 3.91. The van der Waals surface area contributed by atoms with E-state index >= 15 is 0 Å². The summed E-state index contributed by atoms with van der Waals surface area (Å²) in [5.74, 6) is -0.393. The molecule has 1 aliphatic rings. The van der Waals surface area contributed by atoms with Crippen molar-refractivity contribution in [3.05, 3.63) is 85.5 Å². The molecule has 184 valence electrons. The number of benzene rings is 2. The Morgan fingerprint density at radius 1 is 1.08 bits per heavy atom. The number of nitro groups is 1. The van der Waals surface area contributed by atoms with Crippen LogP contribution >= 0.6 is 11.8 Å². The maximum Gasteiger partial charge on any atom is 0.294 e. The quantitative estimate of drug-likeness (QED) is 0.256. The summed E-state index contributed by atoms with van der Waals surface area (Å²) in [5.41, 5.74) is 4.39. The largest absolute Gasteiger partial charge is 0.457 e. The first-order valence-electron chi connectivity index (χ1n) is 11.0. The highest BCUT2D eigenvalue weighted by Gasteiger charge is 2.36. The lowest BCUT2D eigenvalue weighted by atomic mass is 10.0. The second kappa shape index (κ2) is 9.82. The summed E-state index contributed by atoms with van der Waals surface area (Å²) in [7, 11) is 0. The number of amides is 3. The predicted octanol–water partition coefficient (Wildman–Crippen LogP) is 5.76. The van der Waals surface area contributed by atoms with E-state index in [-0.39, 0.29) is 10.6 Å². The number of furan rings is 1. The highest BCUT2D eigenvalue weighted by atomic mass is 32.2. The van der Waals surface area contributed by atoms with E-state index < -0.39 is 28.5 Å². The zero-order chi connectivity index (χ0) is 26.1. The maximum atomic E-state index is 12.8. The zero-order valence-electron chi connectivity index (χ0n) is 20.1. The zero-order valence-corrected chi connectivity index (χ0v) is 20.9. The molecule has 1 aliphatic heterocycles. The molecule has 0 radical (unpaired) electrons. The molecule has 0 aliphatic carbocycles. The van der Waals surface area contributed by atoms with Gasteiger partial charge in [0, 0.05) is 29.0 Å². The van der Waals surface area contributed by atoms with Crippen molar-refractivity contribution in [2.45, 2.75) is 27.7 Å². The van der Waals surface area contributed by atoms with Crippen molar-refractivity contribution in [2.24, 2.45) is 0 Å². The number of thioether (sulfide) groups is 1. The highest BCUT2D eigenvalue weighted by Crippen LogP contribution is 2.34. The van der Waals surface area contributed by atoms with Crippen molar-refractivity contribution >= 4 is 46.3 Å². The van der Waals surface area contributed by atoms with Gasteiger partial charge in [-0.05, 0) is 86.5 Å². The van der Waals surface area contributed by atoms with Gasteiger partial charge < -0.3 is 9.73 Å². The number of carbonyl (C=O) groups is 3. The van der Waals surface area contributed by atoms with E-state index in [0.717, 1.165) is 21.6 Å². The molecule has 1 N–H and O–H groups in total. The molecule has 3 amide bonds. The SMILES string of the molecule is Cc1cc(C)cc(NC(=O)CN2C(=O)S/C(=C/c3ccc(-c4cc(C)c(C)c([N+](=O)[O-])c4)o3)C2=O)c1. The van der Waals surface area contributed by atoms with Crippen LogP contribution in [0.5, 0.6) is 0 Å². The average molecular weight is 506 g/mol. The summed E-state index contributed by atoms with van der Waals surface area (Å²) in [6, 6.07) is 12.0. The normalized spacial score (nSPS) is 14.6. The fourth-order valence-corrected chi connectivity index (χ4v) is 4.73. The highest BCUT2D eigenvalue weighted by molar-refractivity contribution is 8.18. The first-order valence-corrected chi connectivity index (χ1v) is 11.8. The molecule has 1 aromatic heterocycles. The number of hydrogen-bond donors (Lipinski definition) is 1. The lowest BCUT2D eigenvalue weighted by Gasteiger charge is -2.13. The van der Waals surface area contributed by atoms with Crippen LogP contribution in [0.15, 0.2) is 51.8 Å². The van der Waals surface area contributed by atoms with Crippen LogP contribution in [0.3, 0.4) is 0 Å². The maximum absolute atomic E-state index is 12.8. The lowest BCUT2D eigenvalue weighted by molar-refractivity contribution is -0.385. The van der Waals surface area contributed by atoms with Crippen LogP contribution in [-0.4, -0.2) is 33.4 Å². The van der Waals surface area contributed by atoms with E-state index in [4.69, 9.17) is 4.42 Å². The van der Waals surface area contributed by atoms with Gasteiger partial charge in [0.1, 0.15) is 18.1 Å². The molecule has 1 fully saturated rings. The Balaban J connectivity index is 1.49. The minimum atomic E-state index is -0.597. The van der Waals surface area contributed by atoms with Crippen molar-refractivity contribution in [1.82, 2.24) is 4.90 Å². The first-order chi connectivity index (χ1) is 17.0. The standard InChI is InChI=1S/C26H23N3O6S/c1-14-7-15(2)9-19(8-14)27-24(30)13-28-25(31)23(36-26(28)32)12-20-5-6-22(35-20)18-10-16(3)17(4)21(11-18)29(33)34/h5-12H,13H2,1-4H3,(H,27,30)/b23-12+. The number of nitro benzene ring substituents is 1. The Hall–Kier alpha value is -4.18. The van der Waals surface area contributed by atoms with Crippen LogP contribution in [0.2, 0.25) is 0 Å². The topological polar surface area (TPSA) is 123 Å². The summed E-state index contributed by atoms with van der Waals surface area (Å²) in [6.45, 7) is 6.87. The molecule has 2 aromatic carbocycles. The number of imide groups is 1. The summed E-state index contributed by atoms with van der Waals surface area (Å²) in [6.07, 6.45) is 1.42. The molecule has 0 unspecified atom stereocenters. The molecule has 10 heteroatoms. The molecule has 4 rings (SSSR count). The van der Waals surface area contributed by atoms with E-state index in [1.54, 1.807) is 44.2 Å². The molecular formula is C26H23N3O6S. The van der Waals surface area contributed by atoms with Gasteiger partial charge in [-0.15, -0.1) is 0 Å². The average Bonchev–Trinajstić information content (AvgIpc) is 3.35. The monoisotopic (exact) mass is 505 g/mol. The van der Waals surface area contributed by atoms with Gasteiger partial charge in [-0.2, -0.15) is 0 Å². The molecule has 9 nitrogen and oxygen atoms in total.